The second kappa shape index (κ2) is 6.09. The molecule has 0 bridgehead atoms. The van der Waals surface area contributed by atoms with Crippen molar-refractivity contribution in [3.8, 4) is 0 Å². The molecule has 0 aromatic heterocycles. The van der Waals surface area contributed by atoms with E-state index in [0.29, 0.717) is 5.96 Å². The molecule has 0 saturated heterocycles. The normalized spacial score (nSPS) is 20.7. The maximum atomic E-state index is 9.55. The predicted octanol–water partition coefficient (Wildman–Crippen LogP) is 2.07. The largest absolute Gasteiger partial charge is 0.395 e. The molecular weight excluding hydrogens is 302 g/mol. The van der Waals surface area contributed by atoms with Gasteiger partial charge in [-0.3, -0.25) is 4.90 Å². The fourth-order valence-electron chi connectivity index (χ4n) is 3.65. The molecule has 0 amide bonds. The summed E-state index contributed by atoms with van der Waals surface area (Å²) in [6.45, 7) is 4.14. The highest BCUT2D eigenvalue weighted by molar-refractivity contribution is 6.05. The van der Waals surface area contributed by atoms with E-state index in [1.54, 1.807) is 0 Å². The number of aliphatic hydroxyl groups excluding tert-OH is 1. The van der Waals surface area contributed by atoms with Gasteiger partial charge in [-0.1, -0.05) is 32.4 Å². The van der Waals surface area contributed by atoms with Crippen molar-refractivity contribution in [2.24, 2.45) is 21.5 Å². The van der Waals surface area contributed by atoms with Crippen LogP contribution in [-0.4, -0.2) is 29.3 Å². The fraction of sp³-hybridized carbons (Fsp3) is 0.556. The van der Waals surface area contributed by atoms with Gasteiger partial charge in [0.05, 0.1) is 6.61 Å². The molecule has 2 aliphatic rings. The van der Waals surface area contributed by atoms with Gasteiger partial charge in [-0.2, -0.15) is 4.99 Å². The van der Waals surface area contributed by atoms with Crippen LogP contribution in [0, 0.1) is 0 Å². The molecule has 3 rings (SSSR count). The predicted molar refractivity (Wildman–Crippen MR) is 98.1 cm³/mol. The number of guanidine groups is 2. The molecule has 6 nitrogen and oxygen atoms in total. The Labute approximate surface area is 143 Å². The van der Waals surface area contributed by atoms with Crippen LogP contribution in [0.5, 0.6) is 0 Å². The minimum absolute atomic E-state index is 0.102. The molecule has 1 aromatic rings. The number of aliphatic imine (C=N–C) groups is 2. The second-order valence-electron chi connectivity index (χ2n) is 7.41. The number of aliphatic hydroxyl groups is 1. The van der Waals surface area contributed by atoms with Crippen LogP contribution in [0.3, 0.4) is 0 Å². The van der Waals surface area contributed by atoms with E-state index >= 15 is 0 Å². The highest BCUT2D eigenvalue weighted by Crippen LogP contribution is 2.39. The highest BCUT2D eigenvalue weighted by Gasteiger charge is 2.42. The third kappa shape index (κ3) is 2.86. The number of rotatable bonds is 3. The summed E-state index contributed by atoms with van der Waals surface area (Å²) in [6.07, 6.45) is 5.28. The van der Waals surface area contributed by atoms with Crippen molar-refractivity contribution in [1.29, 1.82) is 0 Å². The number of hydrogen-bond donors (Lipinski definition) is 3. The smallest absolute Gasteiger partial charge is 0.220 e. The lowest BCUT2D eigenvalue weighted by Gasteiger charge is -2.45. The van der Waals surface area contributed by atoms with E-state index < -0.39 is 5.66 Å². The maximum Gasteiger partial charge on any atom is 0.220 e. The molecule has 6 heteroatoms. The number of benzene rings is 1. The lowest BCUT2D eigenvalue weighted by atomic mass is 9.85. The molecule has 1 saturated carbocycles. The molecule has 1 heterocycles. The van der Waals surface area contributed by atoms with E-state index in [1.807, 2.05) is 43.0 Å². The first-order valence-corrected chi connectivity index (χ1v) is 8.59. The molecule has 24 heavy (non-hydrogen) atoms. The Hall–Kier alpha value is -2.08. The second-order valence-corrected chi connectivity index (χ2v) is 7.41. The third-order valence-electron chi connectivity index (χ3n) is 5.15. The van der Waals surface area contributed by atoms with Crippen molar-refractivity contribution < 1.29 is 5.11 Å². The number of nitrogens with two attached hydrogens (primary N) is 2. The van der Waals surface area contributed by atoms with Crippen molar-refractivity contribution >= 4 is 17.6 Å². The molecular formula is C18H27N5O. The van der Waals surface area contributed by atoms with Crippen LogP contribution in [0.4, 0.5) is 5.69 Å². The van der Waals surface area contributed by atoms with E-state index in [0.717, 1.165) is 36.9 Å². The molecule has 1 aliphatic heterocycles. The van der Waals surface area contributed by atoms with Gasteiger partial charge in [-0.25, -0.2) is 4.99 Å². The van der Waals surface area contributed by atoms with E-state index in [-0.39, 0.29) is 18.0 Å². The average Bonchev–Trinajstić information content (AvgIpc) is 2.55. The Morgan fingerprint density at radius 2 is 1.75 bits per heavy atom. The van der Waals surface area contributed by atoms with Gasteiger partial charge >= 0.3 is 0 Å². The van der Waals surface area contributed by atoms with Crippen LogP contribution in [0.2, 0.25) is 0 Å². The standard InChI is InChI=1S/C18H27N5O/c1-17(2,12-24)13-6-8-14(9-7-13)23-16(20)21-15(19)22-18(23)10-4-3-5-11-18/h6-9,24H,3-5,10-12H2,1-2H3,(H4,19,20,21,22). The van der Waals surface area contributed by atoms with E-state index in [4.69, 9.17) is 11.5 Å². The lowest BCUT2D eigenvalue weighted by molar-refractivity contribution is 0.218. The van der Waals surface area contributed by atoms with Crippen LogP contribution in [-0.2, 0) is 5.41 Å². The zero-order chi connectivity index (χ0) is 17.4. The van der Waals surface area contributed by atoms with Crippen molar-refractivity contribution in [3.05, 3.63) is 29.8 Å². The lowest BCUT2D eigenvalue weighted by Crippen LogP contribution is -2.58. The minimum atomic E-state index is -0.415. The molecule has 1 aliphatic carbocycles. The Bertz CT molecular complexity index is 656. The SMILES string of the molecule is CC(C)(CO)c1ccc(N2C(N)=NC(N)=NC23CCCCC3)cc1. The van der Waals surface area contributed by atoms with Crippen LogP contribution >= 0.6 is 0 Å². The summed E-state index contributed by atoms with van der Waals surface area (Å²) in [5.74, 6) is 0.669. The summed E-state index contributed by atoms with van der Waals surface area (Å²) in [7, 11) is 0. The van der Waals surface area contributed by atoms with Gasteiger partial charge in [-0.15, -0.1) is 0 Å². The average molecular weight is 329 g/mol. The number of anilines is 1. The van der Waals surface area contributed by atoms with Gasteiger partial charge in [0.2, 0.25) is 11.9 Å². The van der Waals surface area contributed by atoms with E-state index in [9.17, 15) is 5.11 Å². The maximum absolute atomic E-state index is 9.55. The molecule has 130 valence electrons. The van der Waals surface area contributed by atoms with Crippen LogP contribution < -0.4 is 16.4 Å². The van der Waals surface area contributed by atoms with Crippen molar-refractivity contribution in [1.82, 2.24) is 0 Å². The number of hydrogen-bond acceptors (Lipinski definition) is 6. The zero-order valence-corrected chi connectivity index (χ0v) is 14.5. The molecule has 1 aromatic carbocycles. The Kier molecular flexibility index (Phi) is 4.25. The summed E-state index contributed by atoms with van der Waals surface area (Å²) in [4.78, 5) is 10.9. The first-order chi connectivity index (χ1) is 11.4. The monoisotopic (exact) mass is 329 g/mol. The summed E-state index contributed by atoms with van der Waals surface area (Å²) in [5, 5.41) is 9.55. The van der Waals surface area contributed by atoms with Crippen LogP contribution in [0.1, 0.15) is 51.5 Å². The van der Waals surface area contributed by atoms with Gasteiger partial charge in [-0.05, 0) is 43.4 Å². The highest BCUT2D eigenvalue weighted by atomic mass is 16.3. The van der Waals surface area contributed by atoms with Crippen molar-refractivity contribution in [2.75, 3.05) is 11.5 Å². The molecule has 0 unspecified atom stereocenters. The van der Waals surface area contributed by atoms with Gasteiger partial charge in [0.1, 0.15) is 5.66 Å². The Balaban J connectivity index is 1.98. The van der Waals surface area contributed by atoms with E-state index in [1.165, 1.54) is 6.42 Å². The minimum Gasteiger partial charge on any atom is -0.395 e. The van der Waals surface area contributed by atoms with Crippen LogP contribution in [0.15, 0.2) is 34.3 Å². The number of nitrogens with zero attached hydrogens (tertiary/aromatic N) is 3. The molecule has 0 atom stereocenters. The summed E-state index contributed by atoms with van der Waals surface area (Å²) >= 11 is 0. The van der Waals surface area contributed by atoms with Gasteiger partial charge in [0.15, 0.2) is 0 Å². The quantitative estimate of drug-likeness (QED) is 0.790. The van der Waals surface area contributed by atoms with Crippen molar-refractivity contribution in [3.63, 3.8) is 0 Å². The first-order valence-electron chi connectivity index (χ1n) is 8.59. The van der Waals surface area contributed by atoms with Gasteiger partial charge < -0.3 is 16.6 Å². The summed E-state index contributed by atoms with van der Waals surface area (Å²) in [5.41, 5.74) is 13.5. The van der Waals surface area contributed by atoms with E-state index in [2.05, 4.69) is 9.98 Å². The molecule has 1 spiro atoms. The van der Waals surface area contributed by atoms with Gasteiger partial charge in [0, 0.05) is 11.1 Å². The summed E-state index contributed by atoms with van der Waals surface area (Å²) < 4.78 is 0. The van der Waals surface area contributed by atoms with Gasteiger partial charge in [0.25, 0.3) is 0 Å². The molecule has 1 fully saturated rings. The first kappa shape index (κ1) is 16.8. The Morgan fingerprint density at radius 1 is 1.12 bits per heavy atom. The Morgan fingerprint density at radius 3 is 2.33 bits per heavy atom. The molecule has 5 N–H and O–H groups in total. The van der Waals surface area contributed by atoms with Crippen molar-refractivity contribution in [2.45, 2.75) is 57.0 Å². The fourth-order valence-corrected chi connectivity index (χ4v) is 3.65. The zero-order valence-electron chi connectivity index (χ0n) is 14.5. The molecule has 0 radical (unpaired) electrons. The third-order valence-corrected chi connectivity index (χ3v) is 5.15. The summed E-state index contributed by atoms with van der Waals surface area (Å²) in [6, 6.07) is 8.14. The van der Waals surface area contributed by atoms with Crippen LogP contribution in [0.25, 0.3) is 0 Å². The topological polar surface area (TPSA) is 100 Å².